The fourth-order valence-corrected chi connectivity index (χ4v) is 3.25. The van der Waals surface area contributed by atoms with Crippen LogP contribution in [0.4, 0.5) is 0 Å². The Morgan fingerprint density at radius 3 is 2.41 bits per heavy atom. The van der Waals surface area contributed by atoms with Crippen LogP contribution >= 0.6 is 0 Å². The first-order chi connectivity index (χ1) is 8.36. The fourth-order valence-electron chi connectivity index (χ4n) is 3.25. The number of β-amino-alcohol motifs (C(OH)–C–C–N with tert-alkyl or cyclic N) is 1. The number of benzene rings is 1. The second-order valence-corrected chi connectivity index (χ2v) is 5.18. The summed E-state index contributed by atoms with van der Waals surface area (Å²) in [5.41, 5.74) is 1.41. The van der Waals surface area contributed by atoms with Gasteiger partial charge in [-0.3, -0.25) is 9.80 Å². The van der Waals surface area contributed by atoms with Gasteiger partial charge in [-0.2, -0.15) is 0 Å². The van der Waals surface area contributed by atoms with Crippen molar-refractivity contribution in [3.8, 4) is 0 Å². The van der Waals surface area contributed by atoms with Crippen molar-refractivity contribution in [1.82, 2.24) is 9.80 Å². The summed E-state index contributed by atoms with van der Waals surface area (Å²) >= 11 is 0. The van der Waals surface area contributed by atoms with Crippen molar-refractivity contribution in [1.29, 1.82) is 0 Å². The van der Waals surface area contributed by atoms with Crippen LogP contribution in [0.15, 0.2) is 30.3 Å². The van der Waals surface area contributed by atoms with E-state index in [1.165, 1.54) is 18.5 Å². The van der Waals surface area contributed by atoms with Crippen LogP contribution in [0.1, 0.15) is 12.0 Å². The molecule has 0 amide bonds. The molecule has 3 rings (SSSR count). The van der Waals surface area contributed by atoms with Gasteiger partial charge in [0, 0.05) is 38.3 Å². The van der Waals surface area contributed by atoms with Gasteiger partial charge in [-0.25, -0.2) is 0 Å². The summed E-state index contributed by atoms with van der Waals surface area (Å²) in [4.78, 5) is 5.03. The highest BCUT2D eigenvalue weighted by molar-refractivity contribution is 5.15. The average molecular weight is 232 g/mol. The first kappa shape index (κ1) is 11.2. The van der Waals surface area contributed by atoms with Gasteiger partial charge in [0.1, 0.15) is 0 Å². The molecule has 1 aromatic carbocycles. The average Bonchev–Trinajstić information content (AvgIpc) is 2.90. The lowest BCUT2D eigenvalue weighted by Crippen LogP contribution is -2.46. The molecule has 2 heterocycles. The Hall–Kier alpha value is -0.900. The van der Waals surface area contributed by atoms with E-state index in [2.05, 4.69) is 40.1 Å². The molecule has 2 aliphatic heterocycles. The van der Waals surface area contributed by atoms with Crippen molar-refractivity contribution >= 4 is 0 Å². The Morgan fingerprint density at radius 1 is 1.06 bits per heavy atom. The van der Waals surface area contributed by atoms with Crippen molar-refractivity contribution in [2.75, 3.05) is 26.2 Å². The Labute approximate surface area is 103 Å². The minimum Gasteiger partial charge on any atom is -0.395 e. The lowest BCUT2D eigenvalue weighted by atomic mass is 10.2. The second kappa shape index (κ2) is 4.77. The molecule has 1 aromatic rings. The largest absolute Gasteiger partial charge is 0.395 e. The third kappa shape index (κ3) is 2.23. The number of hydrogen-bond donors (Lipinski definition) is 1. The molecule has 2 bridgehead atoms. The number of aliphatic hydroxyl groups is 1. The van der Waals surface area contributed by atoms with Gasteiger partial charge < -0.3 is 5.11 Å². The second-order valence-electron chi connectivity index (χ2n) is 5.18. The third-order valence-corrected chi connectivity index (χ3v) is 4.08. The van der Waals surface area contributed by atoms with E-state index >= 15 is 0 Å². The van der Waals surface area contributed by atoms with Crippen LogP contribution in [-0.2, 0) is 6.54 Å². The van der Waals surface area contributed by atoms with E-state index < -0.39 is 0 Å². The first-order valence-electron chi connectivity index (χ1n) is 6.49. The van der Waals surface area contributed by atoms with Gasteiger partial charge in [-0.05, 0) is 12.0 Å². The highest BCUT2D eigenvalue weighted by Gasteiger charge is 2.42. The van der Waals surface area contributed by atoms with E-state index in [9.17, 15) is 0 Å². The maximum absolute atomic E-state index is 9.00. The number of piperazine rings is 1. The molecule has 0 saturated carbocycles. The zero-order chi connectivity index (χ0) is 11.7. The highest BCUT2D eigenvalue weighted by Crippen LogP contribution is 2.31. The lowest BCUT2D eigenvalue weighted by Gasteiger charge is -2.33. The zero-order valence-electron chi connectivity index (χ0n) is 10.1. The van der Waals surface area contributed by atoms with Crippen LogP contribution in [0.5, 0.6) is 0 Å². The fraction of sp³-hybridized carbons (Fsp3) is 0.571. The Morgan fingerprint density at radius 2 is 1.76 bits per heavy atom. The summed E-state index contributed by atoms with van der Waals surface area (Å²) in [5, 5.41) is 9.00. The van der Waals surface area contributed by atoms with E-state index in [0.29, 0.717) is 18.7 Å². The molecule has 0 spiro atoms. The van der Waals surface area contributed by atoms with Gasteiger partial charge in [-0.1, -0.05) is 30.3 Å². The van der Waals surface area contributed by atoms with Crippen molar-refractivity contribution in [3.63, 3.8) is 0 Å². The molecule has 17 heavy (non-hydrogen) atoms. The maximum atomic E-state index is 9.00. The SMILES string of the molecule is OCCN1CC2CC1CN2Cc1ccccc1. The van der Waals surface area contributed by atoms with Gasteiger partial charge in [0.05, 0.1) is 6.61 Å². The van der Waals surface area contributed by atoms with Crippen LogP contribution < -0.4 is 0 Å². The predicted molar refractivity (Wildman–Crippen MR) is 67.7 cm³/mol. The quantitative estimate of drug-likeness (QED) is 0.837. The van der Waals surface area contributed by atoms with Crippen molar-refractivity contribution < 1.29 is 5.11 Å². The molecule has 2 fully saturated rings. The summed E-state index contributed by atoms with van der Waals surface area (Å²) < 4.78 is 0. The van der Waals surface area contributed by atoms with Crippen LogP contribution in [0.25, 0.3) is 0 Å². The van der Waals surface area contributed by atoms with Crippen molar-refractivity contribution in [2.24, 2.45) is 0 Å². The van der Waals surface area contributed by atoms with E-state index in [1.807, 2.05) is 0 Å². The van der Waals surface area contributed by atoms with Crippen molar-refractivity contribution in [2.45, 2.75) is 25.0 Å². The Balaban J connectivity index is 1.59. The summed E-state index contributed by atoms with van der Waals surface area (Å²) in [7, 11) is 0. The molecule has 2 aliphatic rings. The number of aliphatic hydroxyl groups excluding tert-OH is 1. The van der Waals surface area contributed by atoms with E-state index in [0.717, 1.165) is 19.6 Å². The van der Waals surface area contributed by atoms with Crippen LogP contribution in [0.2, 0.25) is 0 Å². The van der Waals surface area contributed by atoms with E-state index in [4.69, 9.17) is 5.11 Å². The first-order valence-corrected chi connectivity index (χ1v) is 6.49. The highest BCUT2D eigenvalue weighted by atomic mass is 16.3. The number of fused-ring (bicyclic) bond motifs is 2. The van der Waals surface area contributed by atoms with Crippen LogP contribution in [-0.4, -0.2) is 53.2 Å². The molecular weight excluding hydrogens is 212 g/mol. The number of nitrogens with zero attached hydrogens (tertiary/aromatic N) is 2. The summed E-state index contributed by atoms with van der Waals surface area (Å²) in [6.07, 6.45) is 1.28. The number of rotatable bonds is 4. The molecule has 2 atom stereocenters. The van der Waals surface area contributed by atoms with E-state index in [1.54, 1.807) is 0 Å². The van der Waals surface area contributed by atoms with Gasteiger partial charge >= 0.3 is 0 Å². The maximum Gasteiger partial charge on any atom is 0.0558 e. The molecule has 0 radical (unpaired) electrons. The summed E-state index contributed by atoms with van der Waals surface area (Å²) in [5.74, 6) is 0. The predicted octanol–water partition coefficient (Wildman–Crippen LogP) is 0.937. The van der Waals surface area contributed by atoms with Gasteiger partial charge in [0.2, 0.25) is 0 Å². The number of likely N-dealkylation sites (tertiary alicyclic amines) is 2. The lowest BCUT2D eigenvalue weighted by molar-refractivity contribution is 0.105. The topological polar surface area (TPSA) is 26.7 Å². The summed E-state index contributed by atoms with van der Waals surface area (Å²) in [6.45, 7) is 4.52. The van der Waals surface area contributed by atoms with E-state index in [-0.39, 0.29) is 0 Å². The minimum absolute atomic E-state index is 0.294. The molecule has 3 nitrogen and oxygen atoms in total. The Kier molecular flexibility index (Phi) is 3.14. The molecular formula is C14H20N2O. The van der Waals surface area contributed by atoms with Gasteiger partial charge in [0.25, 0.3) is 0 Å². The summed E-state index contributed by atoms with van der Waals surface area (Å²) in [6, 6.07) is 12.1. The Bertz CT molecular complexity index is 368. The van der Waals surface area contributed by atoms with Gasteiger partial charge in [0.15, 0.2) is 0 Å². The normalized spacial score (nSPS) is 29.0. The molecule has 2 saturated heterocycles. The molecule has 92 valence electrons. The molecule has 0 aromatic heterocycles. The van der Waals surface area contributed by atoms with Crippen LogP contribution in [0.3, 0.4) is 0 Å². The number of hydrogen-bond acceptors (Lipinski definition) is 3. The molecule has 1 N–H and O–H groups in total. The monoisotopic (exact) mass is 232 g/mol. The standard InChI is InChI=1S/C14H20N2O/c17-7-6-15-10-14-8-13(15)11-16(14)9-12-4-2-1-3-5-12/h1-5,13-14,17H,6-11H2. The molecule has 3 heteroatoms. The van der Waals surface area contributed by atoms with Crippen molar-refractivity contribution in [3.05, 3.63) is 35.9 Å². The zero-order valence-corrected chi connectivity index (χ0v) is 10.1. The van der Waals surface area contributed by atoms with Crippen LogP contribution in [0, 0.1) is 0 Å². The smallest absolute Gasteiger partial charge is 0.0558 e. The minimum atomic E-state index is 0.294. The third-order valence-electron chi connectivity index (χ3n) is 4.08. The molecule has 2 unspecified atom stereocenters. The van der Waals surface area contributed by atoms with Gasteiger partial charge in [-0.15, -0.1) is 0 Å². The molecule has 0 aliphatic carbocycles.